The van der Waals surface area contributed by atoms with Crippen LogP contribution in [0.25, 0.3) is 0 Å². The zero-order chi connectivity index (χ0) is 12.3. The Kier molecular flexibility index (Phi) is 4.35. The van der Waals surface area contributed by atoms with E-state index in [4.69, 9.17) is 5.73 Å². The minimum Gasteiger partial charge on any atom is -0.324 e. The van der Waals surface area contributed by atoms with Crippen molar-refractivity contribution in [3.05, 3.63) is 33.8 Å². The van der Waals surface area contributed by atoms with Gasteiger partial charge in [0.25, 0.3) is 0 Å². The molecule has 0 radical (unpaired) electrons. The number of Topliss-reactive ketones (excluding diaryl/α,β-unsaturated/α-hetero) is 1. The van der Waals surface area contributed by atoms with E-state index in [0.29, 0.717) is 11.5 Å². The van der Waals surface area contributed by atoms with Crippen molar-refractivity contribution in [3.8, 4) is 0 Å². The van der Waals surface area contributed by atoms with Gasteiger partial charge >= 0.3 is 0 Å². The number of rotatable bonds is 3. The summed E-state index contributed by atoms with van der Waals surface area (Å²) in [5.74, 6) is 0.654. The molecule has 92 valence electrons. The molecule has 1 saturated carbocycles. The molecule has 0 aliphatic heterocycles. The first-order chi connectivity index (χ1) is 8.22. The first kappa shape index (κ1) is 12.8. The lowest BCUT2D eigenvalue weighted by molar-refractivity contribution is 0.100. The maximum Gasteiger partial charge on any atom is 0.176 e. The first-order valence-electron chi connectivity index (χ1n) is 6.25. The highest BCUT2D eigenvalue weighted by atomic mass is 79.9. The van der Waals surface area contributed by atoms with Gasteiger partial charge in [-0.15, -0.1) is 0 Å². The number of nitrogens with two attached hydrogens (primary N) is 1. The maximum atomic E-state index is 11.5. The number of carbonyl (C=O) groups is 1. The third-order valence-electron chi connectivity index (χ3n) is 3.55. The summed E-state index contributed by atoms with van der Waals surface area (Å²) in [6.07, 6.45) is 6.53. The molecule has 0 heterocycles. The van der Waals surface area contributed by atoms with Crippen LogP contribution in [0.4, 0.5) is 0 Å². The predicted octanol–water partition coefficient (Wildman–Crippen LogP) is 3.64. The average Bonchev–Trinajstić information content (AvgIpc) is 2.38. The summed E-state index contributed by atoms with van der Waals surface area (Å²) in [5, 5.41) is 0. The highest BCUT2D eigenvalue weighted by molar-refractivity contribution is 9.10. The zero-order valence-corrected chi connectivity index (χ0v) is 11.5. The summed E-state index contributed by atoms with van der Waals surface area (Å²) in [6, 6.07) is 5.91. The van der Waals surface area contributed by atoms with Crippen molar-refractivity contribution in [2.24, 2.45) is 5.73 Å². The Morgan fingerprint density at radius 1 is 1.29 bits per heavy atom. The van der Waals surface area contributed by atoms with E-state index >= 15 is 0 Å². The zero-order valence-electron chi connectivity index (χ0n) is 9.92. The average molecular weight is 296 g/mol. The molecule has 0 aromatic heterocycles. The summed E-state index contributed by atoms with van der Waals surface area (Å²) < 4.78 is 1.06. The van der Waals surface area contributed by atoms with Gasteiger partial charge in [-0.1, -0.05) is 47.3 Å². The molecule has 2 rings (SSSR count). The fraction of sp³-hybridized carbons (Fsp3) is 0.500. The second-order valence-corrected chi connectivity index (χ2v) is 5.55. The topological polar surface area (TPSA) is 43.1 Å². The third kappa shape index (κ3) is 2.96. The van der Waals surface area contributed by atoms with Crippen LogP contribution in [0.15, 0.2) is 22.7 Å². The van der Waals surface area contributed by atoms with Crippen LogP contribution in [-0.2, 0) is 0 Å². The molecule has 0 spiro atoms. The summed E-state index contributed by atoms with van der Waals surface area (Å²) >= 11 is 3.59. The van der Waals surface area contributed by atoms with Gasteiger partial charge in [-0.25, -0.2) is 0 Å². The molecule has 0 saturated heterocycles. The van der Waals surface area contributed by atoms with Crippen LogP contribution in [0.5, 0.6) is 0 Å². The van der Waals surface area contributed by atoms with Gasteiger partial charge in [0.05, 0.1) is 6.54 Å². The van der Waals surface area contributed by atoms with Gasteiger partial charge in [-0.3, -0.25) is 4.79 Å². The quantitative estimate of drug-likeness (QED) is 0.865. The largest absolute Gasteiger partial charge is 0.324 e. The molecule has 2 nitrogen and oxygen atoms in total. The van der Waals surface area contributed by atoms with Crippen LogP contribution in [0.3, 0.4) is 0 Å². The van der Waals surface area contributed by atoms with Gasteiger partial charge in [0, 0.05) is 10.0 Å². The van der Waals surface area contributed by atoms with Gasteiger partial charge < -0.3 is 5.73 Å². The molecule has 0 atom stereocenters. The van der Waals surface area contributed by atoms with E-state index < -0.39 is 0 Å². The lowest BCUT2D eigenvalue weighted by Gasteiger charge is -2.23. The Bertz CT molecular complexity index is 411. The molecule has 0 amide bonds. The van der Waals surface area contributed by atoms with Crippen molar-refractivity contribution >= 4 is 21.7 Å². The Balaban J connectivity index is 2.21. The minimum absolute atomic E-state index is 0.000828. The molecule has 0 unspecified atom stereocenters. The fourth-order valence-corrected chi connectivity index (χ4v) is 3.27. The molecule has 1 aliphatic carbocycles. The van der Waals surface area contributed by atoms with Crippen molar-refractivity contribution in [2.75, 3.05) is 6.54 Å². The molecule has 1 aromatic rings. The second kappa shape index (κ2) is 5.78. The summed E-state index contributed by atoms with van der Waals surface area (Å²) in [7, 11) is 0. The van der Waals surface area contributed by atoms with Crippen molar-refractivity contribution in [2.45, 2.75) is 38.0 Å². The molecule has 17 heavy (non-hydrogen) atoms. The molecule has 1 aliphatic rings. The van der Waals surface area contributed by atoms with E-state index in [1.54, 1.807) is 0 Å². The van der Waals surface area contributed by atoms with E-state index in [0.717, 1.165) is 4.47 Å². The number of carbonyl (C=O) groups excluding carboxylic acids is 1. The number of halogens is 1. The lowest BCUT2D eigenvalue weighted by atomic mass is 9.84. The van der Waals surface area contributed by atoms with Crippen molar-refractivity contribution in [1.82, 2.24) is 0 Å². The molecule has 0 bridgehead atoms. The van der Waals surface area contributed by atoms with Crippen molar-refractivity contribution < 1.29 is 4.79 Å². The van der Waals surface area contributed by atoms with Gasteiger partial charge in [0.2, 0.25) is 0 Å². The van der Waals surface area contributed by atoms with E-state index in [2.05, 4.69) is 22.0 Å². The first-order valence-corrected chi connectivity index (χ1v) is 7.04. The minimum atomic E-state index is 0.000828. The molecular weight excluding hydrogens is 278 g/mol. The number of ketones is 1. The van der Waals surface area contributed by atoms with Gasteiger partial charge in [0.15, 0.2) is 5.78 Å². The van der Waals surface area contributed by atoms with Crippen LogP contribution in [0.1, 0.15) is 53.9 Å². The van der Waals surface area contributed by atoms with Gasteiger partial charge in [-0.05, 0) is 30.4 Å². The molecule has 3 heteroatoms. The van der Waals surface area contributed by atoms with E-state index in [1.807, 2.05) is 12.1 Å². The summed E-state index contributed by atoms with van der Waals surface area (Å²) in [5.41, 5.74) is 7.42. The third-order valence-corrected chi connectivity index (χ3v) is 4.24. The molecule has 1 fully saturated rings. The number of hydrogen-bond donors (Lipinski definition) is 1. The van der Waals surface area contributed by atoms with Gasteiger partial charge in [-0.2, -0.15) is 0 Å². The highest BCUT2D eigenvalue weighted by Gasteiger charge is 2.18. The van der Waals surface area contributed by atoms with Crippen LogP contribution in [0, 0.1) is 0 Å². The van der Waals surface area contributed by atoms with Crippen LogP contribution in [0.2, 0.25) is 0 Å². The molecule has 1 aromatic carbocycles. The van der Waals surface area contributed by atoms with Crippen LogP contribution in [-0.4, -0.2) is 12.3 Å². The van der Waals surface area contributed by atoms with Crippen molar-refractivity contribution in [1.29, 1.82) is 0 Å². The van der Waals surface area contributed by atoms with E-state index in [9.17, 15) is 4.79 Å². The Morgan fingerprint density at radius 2 is 2.00 bits per heavy atom. The fourth-order valence-electron chi connectivity index (χ4n) is 2.56. The van der Waals surface area contributed by atoms with Crippen LogP contribution < -0.4 is 5.73 Å². The smallest absolute Gasteiger partial charge is 0.176 e. The summed E-state index contributed by atoms with van der Waals surface area (Å²) in [4.78, 5) is 11.5. The predicted molar refractivity (Wildman–Crippen MR) is 73.4 cm³/mol. The standard InChI is InChI=1S/C14H18BrNO/c15-13-8-11(14(17)9-16)6-7-12(13)10-4-2-1-3-5-10/h6-8,10H,1-5,9,16H2. The monoisotopic (exact) mass is 295 g/mol. The van der Waals surface area contributed by atoms with Crippen molar-refractivity contribution in [3.63, 3.8) is 0 Å². The van der Waals surface area contributed by atoms with Crippen LogP contribution >= 0.6 is 15.9 Å². The SMILES string of the molecule is NCC(=O)c1ccc(C2CCCCC2)c(Br)c1. The second-order valence-electron chi connectivity index (χ2n) is 4.70. The maximum absolute atomic E-state index is 11.5. The molecule has 2 N–H and O–H groups in total. The molecular formula is C14H18BrNO. The lowest BCUT2D eigenvalue weighted by Crippen LogP contribution is -2.14. The highest BCUT2D eigenvalue weighted by Crippen LogP contribution is 2.36. The number of benzene rings is 1. The van der Waals surface area contributed by atoms with E-state index in [-0.39, 0.29) is 12.3 Å². The summed E-state index contributed by atoms with van der Waals surface area (Å²) in [6.45, 7) is 0.0786. The van der Waals surface area contributed by atoms with E-state index in [1.165, 1.54) is 37.7 Å². The number of hydrogen-bond acceptors (Lipinski definition) is 2. The Morgan fingerprint density at radius 3 is 2.59 bits per heavy atom. The van der Waals surface area contributed by atoms with Gasteiger partial charge in [0.1, 0.15) is 0 Å². The Hall–Kier alpha value is -0.670. The normalized spacial score (nSPS) is 17.1. The Labute approximate surface area is 111 Å².